The lowest BCUT2D eigenvalue weighted by atomic mass is 9.95. The molecule has 1 heterocycles. The number of hydrogen-bond donors (Lipinski definition) is 2. The molecule has 0 saturated heterocycles. The van der Waals surface area contributed by atoms with Gasteiger partial charge in [0, 0.05) is 6.04 Å². The predicted molar refractivity (Wildman–Crippen MR) is 70.7 cm³/mol. The van der Waals surface area contributed by atoms with Crippen molar-refractivity contribution in [2.45, 2.75) is 44.8 Å². The van der Waals surface area contributed by atoms with E-state index in [-0.39, 0.29) is 19.1 Å². The van der Waals surface area contributed by atoms with Crippen molar-refractivity contribution < 1.29 is 14.6 Å². The van der Waals surface area contributed by atoms with E-state index in [2.05, 4.69) is 10.3 Å². The summed E-state index contributed by atoms with van der Waals surface area (Å²) in [6, 6.07) is 3.68. The highest BCUT2D eigenvalue weighted by Crippen LogP contribution is 2.17. The van der Waals surface area contributed by atoms with Crippen molar-refractivity contribution in [2.75, 3.05) is 6.61 Å². The number of amides is 1. The average molecular weight is 264 g/mol. The van der Waals surface area contributed by atoms with Gasteiger partial charge in [-0.15, -0.1) is 0 Å². The van der Waals surface area contributed by atoms with Gasteiger partial charge in [-0.2, -0.15) is 0 Å². The standard InChI is InChI=1S/C14H20N2O3/c17-9-12-6-7-13(8-15-12)19-10-14(18)16-11-4-2-1-3-5-11/h6-8,11,17H,1-5,9-10H2,(H,16,18). The van der Waals surface area contributed by atoms with Crippen LogP contribution in [0.5, 0.6) is 5.75 Å². The van der Waals surface area contributed by atoms with Gasteiger partial charge in [-0.3, -0.25) is 9.78 Å². The smallest absolute Gasteiger partial charge is 0.258 e. The molecule has 0 aromatic carbocycles. The predicted octanol–water partition coefficient (Wildman–Crippen LogP) is 1.40. The summed E-state index contributed by atoms with van der Waals surface area (Å²) in [5.74, 6) is 0.453. The largest absolute Gasteiger partial charge is 0.482 e. The van der Waals surface area contributed by atoms with Crippen molar-refractivity contribution in [2.24, 2.45) is 0 Å². The van der Waals surface area contributed by atoms with Crippen LogP contribution in [0.3, 0.4) is 0 Å². The molecule has 2 rings (SSSR count). The number of ether oxygens (including phenoxy) is 1. The van der Waals surface area contributed by atoms with Crippen LogP contribution in [0.25, 0.3) is 0 Å². The lowest BCUT2D eigenvalue weighted by Crippen LogP contribution is -2.38. The van der Waals surface area contributed by atoms with Crippen LogP contribution in [0, 0.1) is 0 Å². The SMILES string of the molecule is O=C(COc1ccc(CO)nc1)NC1CCCCC1. The minimum absolute atomic E-state index is 0.0106. The van der Waals surface area contributed by atoms with Crippen molar-refractivity contribution in [1.82, 2.24) is 10.3 Å². The molecule has 1 amide bonds. The van der Waals surface area contributed by atoms with Crippen molar-refractivity contribution in [3.05, 3.63) is 24.0 Å². The van der Waals surface area contributed by atoms with Gasteiger partial charge in [-0.25, -0.2) is 0 Å². The zero-order chi connectivity index (χ0) is 13.5. The van der Waals surface area contributed by atoms with E-state index in [1.165, 1.54) is 25.5 Å². The molecule has 5 heteroatoms. The first-order chi connectivity index (χ1) is 9.28. The molecule has 0 radical (unpaired) electrons. The average Bonchev–Trinajstić information content (AvgIpc) is 2.47. The van der Waals surface area contributed by atoms with Gasteiger partial charge in [-0.05, 0) is 25.0 Å². The Morgan fingerprint density at radius 1 is 1.37 bits per heavy atom. The van der Waals surface area contributed by atoms with E-state index in [0.717, 1.165) is 12.8 Å². The molecule has 19 heavy (non-hydrogen) atoms. The molecule has 0 aliphatic heterocycles. The summed E-state index contributed by atoms with van der Waals surface area (Å²) in [7, 11) is 0. The highest BCUT2D eigenvalue weighted by molar-refractivity contribution is 5.77. The molecule has 0 atom stereocenters. The monoisotopic (exact) mass is 264 g/mol. The van der Waals surface area contributed by atoms with Crippen LogP contribution < -0.4 is 10.1 Å². The van der Waals surface area contributed by atoms with Crippen molar-refractivity contribution in [3.8, 4) is 5.75 Å². The summed E-state index contributed by atoms with van der Waals surface area (Å²) in [5.41, 5.74) is 0.582. The summed E-state index contributed by atoms with van der Waals surface area (Å²) < 4.78 is 5.35. The minimum Gasteiger partial charge on any atom is -0.482 e. The normalized spacial score (nSPS) is 16.1. The van der Waals surface area contributed by atoms with Crippen molar-refractivity contribution in [3.63, 3.8) is 0 Å². The molecular formula is C14H20N2O3. The molecule has 1 saturated carbocycles. The van der Waals surface area contributed by atoms with Crippen molar-refractivity contribution >= 4 is 5.91 Å². The first-order valence-corrected chi connectivity index (χ1v) is 6.76. The molecule has 0 spiro atoms. The zero-order valence-electron chi connectivity index (χ0n) is 11.0. The van der Waals surface area contributed by atoms with Gasteiger partial charge in [0.1, 0.15) is 5.75 Å². The third kappa shape index (κ3) is 4.52. The Balaban J connectivity index is 1.72. The number of rotatable bonds is 5. The Kier molecular flexibility index (Phi) is 5.15. The topological polar surface area (TPSA) is 71.5 Å². The highest BCUT2D eigenvalue weighted by Gasteiger charge is 2.15. The van der Waals surface area contributed by atoms with Gasteiger partial charge in [-0.1, -0.05) is 19.3 Å². The second-order valence-corrected chi connectivity index (χ2v) is 4.83. The fourth-order valence-electron chi connectivity index (χ4n) is 2.25. The van der Waals surface area contributed by atoms with E-state index >= 15 is 0 Å². The summed E-state index contributed by atoms with van der Waals surface area (Å²) >= 11 is 0. The highest BCUT2D eigenvalue weighted by atomic mass is 16.5. The molecule has 1 aliphatic carbocycles. The molecule has 5 nitrogen and oxygen atoms in total. The molecule has 1 aliphatic rings. The van der Waals surface area contributed by atoms with E-state index in [9.17, 15) is 4.79 Å². The first-order valence-electron chi connectivity index (χ1n) is 6.76. The Labute approximate surface area is 113 Å². The first kappa shape index (κ1) is 13.8. The fraction of sp³-hybridized carbons (Fsp3) is 0.571. The maximum absolute atomic E-state index is 11.7. The Hall–Kier alpha value is -1.62. The van der Waals surface area contributed by atoms with Gasteiger partial charge >= 0.3 is 0 Å². The third-order valence-electron chi connectivity index (χ3n) is 3.30. The van der Waals surface area contributed by atoms with E-state index in [1.54, 1.807) is 12.1 Å². The van der Waals surface area contributed by atoms with Gasteiger partial charge < -0.3 is 15.2 Å². The number of nitrogens with zero attached hydrogens (tertiary/aromatic N) is 1. The summed E-state index contributed by atoms with van der Waals surface area (Å²) in [6.45, 7) is -0.0842. The molecule has 1 fully saturated rings. The lowest BCUT2D eigenvalue weighted by Gasteiger charge is -2.22. The quantitative estimate of drug-likeness (QED) is 0.843. The molecule has 104 valence electrons. The number of pyridine rings is 1. The summed E-state index contributed by atoms with van der Waals surface area (Å²) in [4.78, 5) is 15.7. The molecule has 1 aromatic rings. The minimum atomic E-state index is -0.0948. The van der Waals surface area contributed by atoms with Gasteiger partial charge in [0.15, 0.2) is 6.61 Å². The van der Waals surface area contributed by atoms with Crippen LogP contribution in [0.1, 0.15) is 37.8 Å². The van der Waals surface area contributed by atoms with Crippen LogP contribution in [0.15, 0.2) is 18.3 Å². The van der Waals surface area contributed by atoms with Crippen LogP contribution in [0.4, 0.5) is 0 Å². The molecular weight excluding hydrogens is 244 g/mol. The van der Waals surface area contributed by atoms with Crippen molar-refractivity contribution in [1.29, 1.82) is 0 Å². The molecule has 1 aromatic heterocycles. The maximum Gasteiger partial charge on any atom is 0.258 e. The summed E-state index contributed by atoms with van der Waals surface area (Å²) in [5, 5.41) is 11.8. The van der Waals surface area contributed by atoms with Crippen LogP contribution in [-0.2, 0) is 11.4 Å². The van der Waals surface area contributed by atoms with Crippen LogP contribution >= 0.6 is 0 Å². The van der Waals surface area contributed by atoms with Crippen LogP contribution in [0.2, 0.25) is 0 Å². The van der Waals surface area contributed by atoms with E-state index < -0.39 is 0 Å². The Bertz CT molecular complexity index is 400. The maximum atomic E-state index is 11.7. The van der Waals surface area contributed by atoms with E-state index in [0.29, 0.717) is 17.5 Å². The zero-order valence-corrected chi connectivity index (χ0v) is 11.0. The molecule has 2 N–H and O–H groups in total. The second kappa shape index (κ2) is 7.09. The van der Waals surface area contributed by atoms with Gasteiger partial charge in [0.2, 0.25) is 0 Å². The van der Waals surface area contributed by atoms with E-state index in [4.69, 9.17) is 9.84 Å². The number of aliphatic hydroxyl groups is 1. The number of hydrogen-bond acceptors (Lipinski definition) is 4. The van der Waals surface area contributed by atoms with Gasteiger partial charge in [0.25, 0.3) is 5.91 Å². The Morgan fingerprint density at radius 3 is 2.79 bits per heavy atom. The third-order valence-corrected chi connectivity index (χ3v) is 3.30. The molecule has 0 unspecified atom stereocenters. The van der Waals surface area contributed by atoms with E-state index in [1.807, 2.05) is 0 Å². The second-order valence-electron chi connectivity index (χ2n) is 4.83. The Morgan fingerprint density at radius 2 is 2.16 bits per heavy atom. The number of aliphatic hydroxyl groups excluding tert-OH is 1. The number of carbonyl (C=O) groups is 1. The fourth-order valence-corrected chi connectivity index (χ4v) is 2.25. The molecule has 0 bridgehead atoms. The number of carbonyl (C=O) groups excluding carboxylic acids is 1. The van der Waals surface area contributed by atoms with Crippen LogP contribution in [-0.4, -0.2) is 28.6 Å². The number of nitrogens with one attached hydrogen (secondary N) is 1. The lowest BCUT2D eigenvalue weighted by molar-refractivity contribution is -0.124. The summed E-state index contributed by atoms with van der Waals surface area (Å²) in [6.07, 6.45) is 7.30. The van der Waals surface area contributed by atoms with Gasteiger partial charge in [0.05, 0.1) is 18.5 Å². The number of aromatic nitrogens is 1.